The molecule has 10 nitrogen and oxygen atoms in total. The van der Waals surface area contributed by atoms with Crippen LogP contribution in [0.2, 0.25) is 0 Å². The monoisotopic (exact) mass is 490 g/mol. The molecule has 1 aromatic carbocycles. The molecule has 7 rings (SSSR count). The van der Waals surface area contributed by atoms with E-state index in [9.17, 15) is 0 Å². The lowest BCUT2D eigenvalue weighted by atomic mass is 10.1. The second kappa shape index (κ2) is 8.38. The summed E-state index contributed by atoms with van der Waals surface area (Å²) in [4.78, 5) is 24.2. The van der Waals surface area contributed by atoms with Crippen LogP contribution in [-0.2, 0) is 6.54 Å². The van der Waals surface area contributed by atoms with Crippen LogP contribution >= 0.6 is 0 Å². The maximum Gasteiger partial charge on any atom is 0.231 e. The molecule has 1 aliphatic heterocycles. The molecule has 0 unspecified atom stereocenters. The van der Waals surface area contributed by atoms with Crippen molar-refractivity contribution >= 4 is 22.1 Å². The first-order chi connectivity index (χ1) is 18.1. The summed E-state index contributed by atoms with van der Waals surface area (Å²) in [6.45, 7) is 1.03. The van der Waals surface area contributed by atoms with Crippen molar-refractivity contribution in [1.82, 2.24) is 40.0 Å². The van der Waals surface area contributed by atoms with Crippen LogP contribution in [0.5, 0.6) is 11.5 Å². The number of pyridine rings is 3. The van der Waals surface area contributed by atoms with E-state index in [2.05, 4.69) is 36.1 Å². The Kier molecular flexibility index (Phi) is 4.86. The van der Waals surface area contributed by atoms with E-state index in [0.717, 1.165) is 62.3 Å². The van der Waals surface area contributed by atoms with Gasteiger partial charge in [0.2, 0.25) is 6.79 Å². The zero-order valence-corrected chi connectivity index (χ0v) is 20.2. The second-order valence-electron chi connectivity index (χ2n) is 9.22. The fourth-order valence-corrected chi connectivity index (χ4v) is 4.62. The number of hydrogen-bond donors (Lipinski definition) is 2. The summed E-state index contributed by atoms with van der Waals surface area (Å²) in [5.41, 5.74) is 8.51. The molecule has 182 valence electrons. The minimum Gasteiger partial charge on any atom is -0.454 e. The molecular formula is C27H22N8O2. The smallest absolute Gasteiger partial charge is 0.231 e. The second-order valence-corrected chi connectivity index (χ2v) is 9.22. The minimum absolute atomic E-state index is 0.227. The topological polar surface area (TPSA) is 118 Å². The van der Waals surface area contributed by atoms with E-state index in [1.54, 1.807) is 12.4 Å². The highest BCUT2D eigenvalue weighted by Gasteiger charge is 2.19. The van der Waals surface area contributed by atoms with Crippen molar-refractivity contribution in [2.75, 3.05) is 20.9 Å². The number of imidazole rings is 1. The lowest BCUT2D eigenvalue weighted by Crippen LogP contribution is -2.10. The van der Waals surface area contributed by atoms with E-state index in [4.69, 9.17) is 19.4 Å². The van der Waals surface area contributed by atoms with Crippen LogP contribution < -0.4 is 9.47 Å². The highest BCUT2D eigenvalue weighted by molar-refractivity contribution is 5.96. The first-order valence-corrected chi connectivity index (χ1v) is 11.8. The third-order valence-electron chi connectivity index (χ3n) is 6.30. The molecule has 6 heterocycles. The van der Waals surface area contributed by atoms with Gasteiger partial charge in [-0.1, -0.05) is 6.07 Å². The third-order valence-corrected chi connectivity index (χ3v) is 6.30. The molecule has 0 radical (unpaired) electrons. The number of ether oxygens (including phenoxy) is 2. The Morgan fingerprint density at radius 2 is 1.73 bits per heavy atom. The predicted octanol–water partition coefficient (Wildman–Crippen LogP) is 4.42. The molecule has 0 spiro atoms. The SMILES string of the molecule is CN(C)Cc1cncc(-c2ccc3[nH]nc(-c4nc5c(-c6ccc7c(c6)OCO7)cncc5[nH]4)c3n2)c1. The Morgan fingerprint density at radius 1 is 0.838 bits per heavy atom. The first kappa shape index (κ1) is 21.5. The summed E-state index contributed by atoms with van der Waals surface area (Å²) < 4.78 is 11.0. The van der Waals surface area contributed by atoms with Crippen molar-refractivity contribution in [1.29, 1.82) is 0 Å². The number of nitrogens with zero attached hydrogens (tertiary/aromatic N) is 6. The van der Waals surface area contributed by atoms with Gasteiger partial charge in [-0.25, -0.2) is 9.97 Å². The summed E-state index contributed by atoms with van der Waals surface area (Å²) in [5, 5.41) is 7.62. The fraction of sp³-hybridized carbons (Fsp3) is 0.148. The van der Waals surface area contributed by atoms with Gasteiger partial charge < -0.3 is 19.4 Å². The number of rotatable bonds is 5. The Labute approximate surface area is 211 Å². The van der Waals surface area contributed by atoms with Crippen molar-refractivity contribution in [3.8, 4) is 45.4 Å². The molecule has 5 aromatic heterocycles. The Morgan fingerprint density at radius 3 is 2.65 bits per heavy atom. The summed E-state index contributed by atoms with van der Waals surface area (Å²) in [6.07, 6.45) is 7.28. The molecule has 0 amide bonds. The number of H-pyrrole nitrogens is 2. The summed E-state index contributed by atoms with van der Waals surface area (Å²) in [7, 11) is 4.07. The van der Waals surface area contributed by atoms with Gasteiger partial charge in [-0.3, -0.25) is 15.1 Å². The Balaban J connectivity index is 1.31. The van der Waals surface area contributed by atoms with Crippen LogP contribution in [0, 0.1) is 0 Å². The van der Waals surface area contributed by atoms with Crippen LogP contribution in [0.15, 0.2) is 61.2 Å². The van der Waals surface area contributed by atoms with Crippen LogP contribution in [0.1, 0.15) is 5.56 Å². The van der Waals surface area contributed by atoms with E-state index in [1.165, 1.54) is 0 Å². The maximum atomic E-state index is 5.56. The molecule has 6 aromatic rings. The molecule has 0 saturated carbocycles. The number of fused-ring (bicyclic) bond motifs is 3. The van der Waals surface area contributed by atoms with Crippen LogP contribution in [0.25, 0.3) is 56.0 Å². The molecule has 0 saturated heterocycles. The number of benzene rings is 1. The Bertz CT molecular complexity index is 1790. The molecule has 0 fully saturated rings. The molecule has 0 atom stereocenters. The molecule has 10 heteroatoms. The maximum absolute atomic E-state index is 5.56. The number of nitrogens with one attached hydrogen (secondary N) is 2. The van der Waals surface area contributed by atoms with Crippen molar-refractivity contribution < 1.29 is 9.47 Å². The zero-order valence-electron chi connectivity index (χ0n) is 20.2. The van der Waals surface area contributed by atoms with Crippen molar-refractivity contribution in [2.24, 2.45) is 0 Å². The van der Waals surface area contributed by atoms with Gasteiger partial charge in [0.1, 0.15) is 5.52 Å². The Hall–Kier alpha value is -4.83. The lowest BCUT2D eigenvalue weighted by Gasteiger charge is -2.10. The summed E-state index contributed by atoms with van der Waals surface area (Å²) in [6, 6.07) is 11.9. The van der Waals surface area contributed by atoms with Gasteiger partial charge in [0.15, 0.2) is 23.0 Å². The average molecular weight is 491 g/mol. The summed E-state index contributed by atoms with van der Waals surface area (Å²) >= 11 is 0. The van der Waals surface area contributed by atoms with E-state index in [-0.39, 0.29) is 6.79 Å². The van der Waals surface area contributed by atoms with Gasteiger partial charge in [0, 0.05) is 36.3 Å². The zero-order chi connectivity index (χ0) is 24.9. The van der Waals surface area contributed by atoms with Gasteiger partial charge in [-0.2, -0.15) is 5.10 Å². The fourth-order valence-electron chi connectivity index (χ4n) is 4.62. The lowest BCUT2D eigenvalue weighted by molar-refractivity contribution is 0.174. The van der Waals surface area contributed by atoms with Gasteiger partial charge >= 0.3 is 0 Å². The van der Waals surface area contributed by atoms with Crippen molar-refractivity contribution in [2.45, 2.75) is 6.54 Å². The van der Waals surface area contributed by atoms with Gasteiger partial charge in [-0.05, 0) is 55.6 Å². The van der Waals surface area contributed by atoms with Gasteiger partial charge in [-0.15, -0.1) is 0 Å². The largest absolute Gasteiger partial charge is 0.454 e. The molecular weight excluding hydrogens is 468 g/mol. The molecule has 37 heavy (non-hydrogen) atoms. The van der Waals surface area contributed by atoms with E-state index in [0.29, 0.717) is 17.3 Å². The normalized spacial score (nSPS) is 12.7. The number of aromatic nitrogens is 7. The summed E-state index contributed by atoms with van der Waals surface area (Å²) in [5.74, 6) is 2.06. The quantitative estimate of drug-likeness (QED) is 0.365. The van der Waals surface area contributed by atoms with Crippen molar-refractivity contribution in [3.05, 3.63) is 66.7 Å². The standard InChI is InChI=1S/C27H22N8O2/c1-35(2)13-15-7-17(10-28-9-15)19-4-5-20-25(30-19)26(34-33-20)27-31-21-12-29-11-18(24(21)32-27)16-3-6-22-23(8-16)37-14-36-22/h3-12H,13-14H2,1-2H3,(H,31,32)(H,33,34). The van der Waals surface area contributed by atoms with E-state index in [1.807, 2.05) is 56.8 Å². The molecule has 1 aliphatic rings. The van der Waals surface area contributed by atoms with Crippen LogP contribution in [-0.4, -0.2) is 60.9 Å². The number of hydrogen-bond acceptors (Lipinski definition) is 8. The van der Waals surface area contributed by atoms with Crippen LogP contribution in [0.4, 0.5) is 0 Å². The molecule has 2 N–H and O–H groups in total. The number of aromatic amines is 2. The predicted molar refractivity (Wildman–Crippen MR) is 139 cm³/mol. The minimum atomic E-state index is 0.227. The highest BCUT2D eigenvalue weighted by atomic mass is 16.7. The van der Waals surface area contributed by atoms with Crippen LogP contribution in [0.3, 0.4) is 0 Å². The molecule has 0 bridgehead atoms. The first-order valence-electron chi connectivity index (χ1n) is 11.8. The average Bonchev–Trinajstić information content (AvgIpc) is 3.65. The van der Waals surface area contributed by atoms with Crippen molar-refractivity contribution in [3.63, 3.8) is 0 Å². The van der Waals surface area contributed by atoms with E-state index >= 15 is 0 Å². The van der Waals surface area contributed by atoms with E-state index < -0.39 is 0 Å². The van der Waals surface area contributed by atoms with Gasteiger partial charge in [0.05, 0.1) is 28.4 Å². The highest BCUT2D eigenvalue weighted by Crippen LogP contribution is 2.38. The molecule has 0 aliphatic carbocycles. The van der Waals surface area contributed by atoms with Gasteiger partial charge in [0.25, 0.3) is 0 Å². The third kappa shape index (κ3) is 3.74.